The summed E-state index contributed by atoms with van der Waals surface area (Å²) in [4.78, 5) is 97.4. The van der Waals surface area contributed by atoms with Crippen LogP contribution in [0.4, 0.5) is 4.39 Å². The number of aliphatic carboxylic acids is 3. The molecule has 150 heavy (non-hydrogen) atoms. The van der Waals surface area contributed by atoms with Gasteiger partial charge in [0.05, 0.1) is 105 Å². The first-order chi connectivity index (χ1) is 71.6. The smallest absolute Gasteiger partial charge is 0.337 e. The Labute approximate surface area is 867 Å². The number of ether oxygens (including phenoxy) is 9. The van der Waals surface area contributed by atoms with Crippen molar-refractivity contribution in [2.75, 3.05) is 26.4 Å². The molecule has 22 rings (SSSR count). The molecule has 0 radical (unpaired) electrons. The van der Waals surface area contributed by atoms with Crippen molar-refractivity contribution in [1.82, 2.24) is 39.5 Å². The highest BCUT2D eigenvalue weighted by Crippen LogP contribution is 2.52. The zero-order chi connectivity index (χ0) is 106. The number of hydrogen-bond donors (Lipinski definition) is 3. The molecule has 0 amide bonds. The van der Waals surface area contributed by atoms with Gasteiger partial charge in [0, 0.05) is 151 Å². The molecule has 12 heterocycles. The average Bonchev–Trinajstić information content (AvgIpc) is 0.735. The van der Waals surface area contributed by atoms with Gasteiger partial charge in [0.15, 0.2) is 24.1 Å². The summed E-state index contributed by atoms with van der Waals surface area (Å²) in [6.07, 6.45) is 8.35. The van der Waals surface area contributed by atoms with E-state index in [1.807, 2.05) is 311 Å². The quantitative estimate of drug-likeness (QED) is 0.0601. The van der Waals surface area contributed by atoms with Crippen LogP contribution in [-0.4, -0.2) is 127 Å². The van der Waals surface area contributed by atoms with Crippen LogP contribution in [-0.2, 0) is 70.4 Å². The van der Waals surface area contributed by atoms with Gasteiger partial charge in [-0.3, -0.25) is 39.5 Å². The van der Waals surface area contributed by atoms with Crippen LogP contribution in [0.2, 0.25) is 0 Å². The lowest BCUT2D eigenvalue weighted by molar-refractivity contribution is -0.161. The molecule has 0 saturated carbocycles. The third-order valence-corrected chi connectivity index (χ3v) is 27.1. The number of pyridine rings is 8. The molecule has 18 aromatic rings. The van der Waals surface area contributed by atoms with Crippen LogP contribution < -0.4 is 29.2 Å². The Morgan fingerprint density at radius 3 is 1.07 bits per heavy atom. The number of fused-ring (bicyclic) bond motifs is 4. The Kier molecular flexibility index (Phi) is 28.3. The number of aromatic nitrogens is 8. The molecule has 0 saturated heterocycles. The minimum Gasteiger partial charge on any atom is -0.493 e. The van der Waals surface area contributed by atoms with E-state index < -0.39 is 70.9 Å². The number of rotatable bonds is 21. The Hall–Kier alpha value is -15.9. The highest BCUT2D eigenvalue weighted by molar-refractivity contribution is 6.13. The van der Waals surface area contributed by atoms with Crippen LogP contribution in [0.1, 0.15) is 206 Å². The molecule has 764 valence electrons. The number of ketones is 1. The van der Waals surface area contributed by atoms with Gasteiger partial charge in [0.2, 0.25) is 0 Å². The van der Waals surface area contributed by atoms with E-state index in [-0.39, 0.29) is 11.3 Å². The summed E-state index contributed by atoms with van der Waals surface area (Å²) in [7, 11) is 0. The number of carbonyl (C=O) groups is 4. The molecule has 0 spiro atoms. The molecule has 4 aliphatic rings. The lowest BCUT2D eigenvalue weighted by Crippen LogP contribution is -2.28. The van der Waals surface area contributed by atoms with Crippen molar-refractivity contribution in [3.8, 4) is 79.0 Å². The Morgan fingerprint density at radius 1 is 0.373 bits per heavy atom. The molecular formula is C124H119FN8O17. The highest BCUT2D eigenvalue weighted by atomic mass is 19.1. The van der Waals surface area contributed by atoms with Gasteiger partial charge < -0.3 is 62.5 Å². The van der Waals surface area contributed by atoms with Crippen molar-refractivity contribution in [3.63, 3.8) is 0 Å². The van der Waals surface area contributed by atoms with Crippen molar-refractivity contribution in [1.29, 1.82) is 0 Å². The third kappa shape index (κ3) is 20.8. The number of carboxylic acids is 3. The largest absolute Gasteiger partial charge is 0.493 e. The van der Waals surface area contributed by atoms with Gasteiger partial charge >= 0.3 is 17.9 Å². The van der Waals surface area contributed by atoms with E-state index in [1.165, 1.54) is 23.6 Å². The zero-order valence-electron chi connectivity index (χ0n) is 87.3. The molecule has 25 nitrogen and oxygen atoms in total. The normalized spacial score (nSPS) is 14.2. The molecule has 0 fully saturated rings. The fourth-order valence-electron chi connectivity index (χ4n) is 21.0. The summed E-state index contributed by atoms with van der Waals surface area (Å²) in [6.45, 7) is 36.0. The number of Topliss-reactive ketones (excluding diaryl/α,β-unsaturated/α-hetero) is 1. The highest BCUT2D eigenvalue weighted by Gasteiger charge is 2.40. The Morgan fingerprint density at radius 2 is 0.707 bits per heavy atom. The van der Waals surface area contributed by atoms with Gasteiger partial charge in [-0.2, -0.15) is 0 Å². The zero-order valence-corrected chi connectivity index (χ0v) is 87.3. The molecule has 5 atom stereocenters. The summed E-state index contributed by atoms with van der Waals surface area (Å²) in [5.41, 5.74) is 21.4. The number of alkyl halides is 1. The summed E-state index contributed by atoms with van der Waals surface area (Å²) in [5.74, 6) is 1.35. The topological polar surface area (TPSA) is 324 Å². The predicted octanol–water partition coefficient (Wildman–Crippen LogP) is 26.7. The standard InChI is InChI=1S/C40H36N2O6.C30H31FN2O3.2C27H26N2O4/c1-24-22-31-29(15-17-33(43)42(31)23-25-10-12-28(13-11-25)47-27-8-6-5-7-9-27)36(34(24)38(39(44)45)48-40(2,3)4)30-14-16-32-35-26(19-21-46-32)18-20-41-37(30)35;1-16-15-23-20(7-9-22(33-23)17(2)31)27(25(16)29(18(3)34)36-30(4,5)6)21-8-10-24-26-19(12-14-35-24)11-13-32-28(21)26;2*1-15-14-19-17(6-5-11-28-19)23(21(15)25(26(30)31)33-27(2,3)4)18-7-8-20-22-16(10-13-32-20)9-12-29-24(18)22/h5-18,20,22,38H,19,21,23H2,1-4H3,(H,44,45);7-11,13,15,17,29H,12,14H2,1-6H3;2*5-9,11-12,14,25H,10,13H2,1-4H3,(H,30,31)/t38-;17?,29-;2*25-/m0110/s1. The Balaban J connectivity index is 0.000000127. The van der Waals surface area contributed by atoms with Crippen molar-refractivity contribution in [2.45, 2.75) is 210 Å². The summed E-state index contributed by atoms with van der Waals surface area (Å²) in [6, 6.07) is 63.3. The summed E-state index contributed by atoms with van der Waals surface area (Å²) >= 11 is 0. The molecule has 0 bridgehead atoms. The Bertz CT molecular complexity index is 8240. The maximum absolute atomic E-state index is 14.2. The van der Waals surface area contributed by atoms with Gasteiger partial charge in [-0.15, -0.1) is 0 Å². The third-order valence-electron chi connectivity index (χ3n) is 27.1. The fourth-order valence-corrected chi connectivity index (χ4v) is 21.0. The first-order valence-corrected chi connectivity index (χ1v) is 50.5. The van der Waals surface area contributed by atoms with Crippen LogP contribution in [0.3, 0.4) is 0 Å². The molecule has 10 aromatic carbocycles. The first kappa shape index (κ1) is 103. The second kappa shape index (κ2) is 41.3. The van der Waals surface area contributed by atoms with Crippen molar-refractivity contribution in [3.05, 3.63) is 326 Å². The predicted molar refractivity (Wildman–Crippen MR) is 582 cm³/mol. The SMILES string of the molecule is CC(=O)[C@@H](OC(C)(C)C)c1c(C)cc2nc(C(C)F)ccc2c1-c1ccc2c3c(ccnc13)CCO2.Cc1cc2c(ccc(=O)n2Cc2ccc(Oc3ccccc3)cc2)c(-c2ccc3c4c(ccnc24)CCO3)c1[C@H](OC(C)(C)C)C(=O)O.Cc1cc2ncccc2c(-c2ccc3c4c(ccnc24)CCO3)c1[C@@H](OC(C)(C)C)C(=O)O.Cc1cc2ncccc2c(-c2ccc3c4c(ccnc24)CCO3)c1[C@H](OC(C)(C)C)C(=O)O. The number of carbonyl (C=O) groups excluding carboxylic acids is 1. The van der Waals surface area contributed by atoms with Crippen LogP contribution >= 0.6 is 0 Å². The van der Waals surface area contributed by atoms with Gasteiger partial charge in [0.1, 0.15) is 46.8 Å². The maximum atomic E-state index is 14.2. The number of hydrogen-bond acceptors (Lipinski definition) is 21. The summed E-state index contributed by atoms with van der Waals surface area (Å²) in [5, 5.41) is 38.2. The van der Waals surface area contributed by atoms with Crippen molar-refractivity contribution in [2.24, 2.45) is 0 Å². The molecule has 3 N–H and O–H groups in total. The van der Waals surface area contributed by atoms with Crippen LogP contribution in [0.15, 0.2) is 242 Å². The number of nitrogens with zero attached hydrogens (tertiary/aromatic N) is 8. The van der Waals surface area contributed by atoms with E-state index in [1.54, 1.807) is 48.3 Å². The average molecular weight is 2010 g/mol. The van der Waals surface area contributed by atoms with E-state index in [0.717, 1.165) is 197 Å². The summed E-state index contributed by atoms with van der Waals surface area (Å²) < 4.78 is 70.5. The fraction of sp³-hybridized carbons (Fsp3) is 0.290. The van der Waals surface area contributed by atoms with Crippen molar-refractivity contribution >= 4 is 111 Å². The van der Waals surface area contributed by atoms with E-state index in [4.69, 9.17) is 62.6 Å². The maximum Gasteiger partial charge on any atom is 0.337 e. The van der Waals surface area contributed by atoms with E-state index >= 15 is 0 Å². The number of carboxylic acid groups (broad SMARTS) is 3. The second-order valence-electron chi connectivity index (χ2n) is 42.4. The van der Waals surface area contributed by atoms with Gasteiger partial charge in [-0.05, 0) is 348 Å². The monoisotopic (exact) mass is 2010 g/mol. The van der Waals surface area contributed by atoms with Crippen LogP contribution in [0, 0.1) is 27.7 Å². The van der Waals surface area contributed by atoms with Crippen LogP contribution in [0.5, 0.6) is 34.5 Å². The lowest BCUT2D eigenvalue weighted by atomic mass is 9.85. The van der Waals surface area contributed by atoms with Gasteiger partial charge in [-0.25, -0.2) is 23.8 Å². The van der Waals surface area contributed by atoms with Crippen LogP contribution in [0.25, 0.3) is 132 Å². The molecule has 8 aromatic heterocycles. The van der Waals surface area contributed by atoms with E-state index in [2.05, 4.69) is 15.0 Å². The molecule has 0 aliphatic carbocycles. The molecular weight excluding hydrogens is 1890 g/mol. The van der Waals surface area contributed by atoms with Gasteiger partial charge in [-0.1, -0.05) is 48.5 Å². The lowest BCUT2D eigenvalue weighted by Gasteiger charge is -2.30. The molecule has 1 unspecified atom stereocenters. The van der Waals surface area contributed by atoms with E-state index in [9.17, 15) is 43.7 Å². The number of para-hydroxylation sites is 1. The number of benzene rings is 10. The number of aryl methyl sites for hydroxylation is 4. The molecule has 4 aliphatic heterocycles. The van der Waals surface area contributed by atoms with E-state index in [0.29, 0.717) is 88.8 Å². The second-order valence-corrected chi connectivity index (χ2v) is 42.4. The minimum absolute atomic E-state index is 0.0883. The first-order valence-electron chi connectivity index (χ1n) is 50.5. The van der Waals surface area contributed by atoms with Crippen molar-refractivity contribution < 1.29 is 81.5 Å². The van der Waals surface area contributed by atoms with Gasteiger partial charge in [0.25, 0.3) is 5.56 Å². The molecule has 26 heteroatoms. The number of halogens is 1. The minimum atomic E-state index is -1.27.